The summed E-state index contributed by atoms with van der Waals surface area (Å²) in [6.07, 6.45) is 0. The van der Waals surface area contributed by atoms with Crippen molar-refractivity contribution >= 4 is 34.8 Å². The number of amides is 2. The molecule has 1 aliphatic heterocycles. The van der Waals surface area contributed by atoms with Crippen molar-refractivity contribution in [3.05, 3.63) is 40.9 Å². The maximum Gasteiger partial charge on any atom is 0.259 e. The Hall–Kier alpha value is -3.13. The topological polar surface area (TPSA) is 89.1 Å². The second-order valence-corrected chi connectivity index (χ2v) is 7.36. The molecule has 0 spiro atoms. The van der Waals surface area contributed by atoms with E-state index in [1.807, 2.05) is 13.0 Å². The Kier molecular flexibility index (Phi) is 6.89. The number of hydrogen-bond acceptors (Lipinski definition) is 6. The Morgan fingerprint density at radius 1 is 1.10 bits per heavy atom. The Morgan fingerprint density at radius 2 is 1.80 bits per heavy atom. The van der Waals surface area contributed by atoms with Crippen LogP contribution in [0.3, 0.4) is 0 Å². The molecule has 2 amide bonds. The fourth-order valence-corrected chi connectivity index (χ4v) is 2.89. The van der Waals surface area contributed by atoms with Gasteiger partial charge in [0.15, 0.2) is 18.1 Å². The minimum atomic E-state index is -0.301. The van der Waals surface area contributed by atoms with Crippen LogP contribution in [0.1, 0.15) is 5.56 Å². The van der Waals surface area contributed by atoms with Crippen molar-refractivity contribution in [2.24, 2.45) is 0 Å². The molecule has 1 heterocycles. The first kappa shape index (κ1) is 21.6. The van der Waals surface area contributed by atoms with E-state index in [0.717, 1.165) is 5.56 Å². The number of nitrogens with one attached hydrogen (secondary N) is 2. The molecule has 9 heteroatoms. The zero-order valence-electron chi connectivity index (χ0n) is 17.1. The first-order valence-corrected chi connectivity index (χ1v) is 9.78. The van der Waals surface area contributed by atoms with Gasteiger partial charge in [0.1, 0.15) is 19.0 Å². The van der Waals surface area contributed by atoms with Crippen LogP contribution in [0, 0.1) is 6.92 Å². The molecule has 0 fully saturated rings. The molecular weight excluding hydrogens is 410 g/mol. The van der Waals surface area contributed by atoms with Crippen molar-refractivity contribution in [3.63, 3.8) is 0 Å². The predicted molar refractivity (Wildman–Crippen MR) is 115 cm³/mol. The SMILES string of the molecule is Cc1ccc(NCC(=O)Nc2cc3c(cc2Cl)OCCO3)c(OCC(=O)N(C)C)c1. The summed E-state index contributed by atoms with van der Waals surface area (Å²) in [4.78, 5) is 25.7. The number of ether oxygens (including phenoxy) is 3. The number of anilines is 2. The number of likely N-dealkylation sites (N-methyl/N-ethyl adjacent to an activating group) is 1. The number of aryl methyl sites for hydroxylation is 1. The highest BCUT2D eigenvalue weighted by molar-refractivity contribution is 6.34. The molecule has 160 valence electrons. The number of benzene rings is 2. The van der Waals surface area contributed by atoms with Gasteiger partial charge in [-0.1, -0.05) is 17.7 Å². The van der Waals surface area contributed by atoms with Crippen molar-refractivity contribution < 1.29 is 23.8 Å². The zero-order valence-corrected chi connectivity index (χ0v) is 17.8. The molecule has 0 unspecified atom stereocenters. The summed E-state index contributed by atoms with van der Waals surface area (Å²) in [6, 6.07) is 8.75. The average molecular weight is 434 g/mol. The Balaban J connectivity index is 1.63. The van der Waals surface area contributed by atoms with Crippen LogP contribution < -0.4 is 24.8 Å². The average Bonchev–Trinajstić information content (AvgIpc) is 2.71. The zero-order chi connectivity index (χ0) is 21.7. The summed E-state index contributed by atoms with van der Waals surface area (Å²) in [5.41, 5.74) is 2.01. The number of carbonyl (C=O) groups excluding carboxylic acids is 2. The molecule has 0 bridgehead atoms. The fourth-order valence-electron chi connectivity index (χ4n) is 2.69. The van der Waals surface area contributed by atoms with E-state index < -0.39 is 0 Å². The van der Waals surface area contributed by atoms with Crippen LogP contribution >= 0.6 is 11.6 Å². The van der Waals surface area contributed by atoms with Crippen molar-refractivity contribution in [1.29, 1.82) is 0 Å². The van der Waals surface area contributed by atoms with E-state index in [1.165, 1.54) is 4.90 Å². The molecule has 0 saturated carbocycles. The minimum absolute atomic E-state index is 0.0220. The van der Waals surface area contributed by atoms with Gasteiger partial charge in [0.2, 0.25) is 5.91 Å². The largest absolute Gasteiger partial charge is 0.486 e. The molecule has 0 radical (unpaired) electrons. The Labute approximate surface area is 180 Å². The molecule has 2 aromatic rings. The van der Waals surface area contributed by atoms with Gasteiger partial charge in [-0.2, -0.15) is 0 Å². The summed E-state index contributed by atoms with van der Waals surface area (Å²) < 4.78 is 16.6. The first-order valence-electron chi connectivity index (χ1n) is 9.40. The van der Waals surface area contributed by atoms with Crippen molar-refractivity contribution in [1.82, 2.24) is 4.90 Å². The summed E-state index contributed by atoms with van der Waals surface area (Å²) in [6.45, 7) is 2.70. The van der Waals surface area contributed by atoms with Crippen molar-refractivity contribution in [2.75, 3.05) is 51.1 Å². The number of carbonyl (C=O) groups is 2. The molecule has 30 heavy (non-hydrogen) atoms. The van der Waals surface area contributed by atoms with Gasteiger partial charge in [0.25, 0.3) is 5.91 Å². The van der Waals surface area contributed by atoms with Gasteiger partial charge >= 0.3 is 0 Å². The molecule has 0 aromatic heterocycles. The van der Waals surface area contributed by atoms with E-state index in [1.54, 1.807) is 38.4 Å². The van der Waals surface area contributed by atoms with Crippen LogP contribution in [-0.2, 0) is 9.59 Å². The van der Waals surface area contributed by atoms with Crippen molar-refractivity contribution in [2.45, 2.75) is 6.92 Å². The smallest absolute Gasteiger partial charge is 0.259 e. The lowest BCUT2D eigenvalue weighted by molar-refractivity contribution is -0.130. The van der Waals surface area contributed by atoms with Crippen LogP contribution in [0.25, 0.3) is 0 Å². The minimum Gasteiger partial charge on any atom is -0.486 e. The number of rotatable bonds is 7. The third kappa shape index (κ3) is 5.48. The number of fused-ring (bicyclic) bond motifs is 1. The predicted octanol–water partition coefficient (Wildman–Crippen LogP) is 2.94. The van der Waals surface area contributed by atoms with Gasteiger partial charge in [-0.3, -0.25) is 9.59 Å². The first-order chi connectivity index (χ1) is 14.3. The molecular formula is C21H24ClN3O5. The lowest BCUT2D eigenvalue weighted by Gasteiger charge is -2.20. The number of nitrogens with zero attached hydrogens (tertiary/aromatic N) is 1. The number of halogens is 1. The highest BCUT2D eigenvalue weighted by Gasteiger charge is 2.17. The van der Waals surface area contributed by atoms with Crippen LogP contribution in [0.2, 0.25) is 5.02 Å². The molecule has 1 aliphatic rings. The Morgan fingerprint density at radius 3 is 2.50 bits per heavy atom. The third-order valence-corrected chi connectivity index (χ3v) is 4.65. The molecule has 0 atom stereocenters. The Bertz CT molecular complexity index is 948. The van der Waals surface area contributed by atoms with Crippen LogP contribution in [0.4, 0.5) is 11.4 Å². The van der Waals surface area contributed by atoms with Gasteiger partial charge in [-0.25, -0.2) is 0 Å². The standard InChI is InChI=1S/C21H24ClN3O5/c1-13-4-5-15(17(8-13)30-12-21(27)25(2)3)23-11-20(26)24-16-10-19-18(9-14(16)22)28-6-7-29-19/h4-5,8-10,23H,6-7,11-12H2,1-3H3,(H,24,26). The number of hydrogen-bond donors (Lipinski definition) is 2. The maximum atomic E-state index is 12.4. The van der Waals surface area contributed by atoms with Gasteiger partial charge in [-0.15, -0.1) is 0 Å². The summed E-state index contributed by atoms with van der Waals surface area (Å²) in [5.74, 6) is 1.12. The van der Waals surface area contributed by atoms with E-state index >= 15 is 0 Å². The van der Waals surface area contributed by atoms with Gasteiger partial charge in [0, 0.05) is 26.2 Å². The molecule has 8 nitrogen and oxygen atoms in total. The van der Waals surface area contributed by atoms with E-state index in [4.69, 9.17) is 25.8 Å². The second kappa shape index (κ2) is 9.58. The van der Waals surface area contributed by atoms with Gasteiger partial charge in [-0.05, 0) is 24.6 Å². The molecule has 2 N–H and O–H groups in total. The molecule has 0 aliphatic carbocycles. The monoisotopic (exact) mass is 433 g/mol. The summed E-state index contributed by atoms with van der Waals surface area (Å²) >= 11 is 6.23. The van der Waals surface area contributed by atoms with Crippen LogP contribution in [0.15, 0.2) is 30.3 Å². The molecule has 0 saturated heterocycles. The van der Waals surface area contributed by atoms with E-state index in [0.29, 0.717) is 46.9 Å². The van der Waals surface area contributed by atoms with Gasteiger partial charge < -0.3 is 29.7 Å². The highest BCUT2D eigenvalue weighted by Crippen LogP contribution is 2.38. The van der Waals surface area contributed by atoms with E-state index in [9.17, 15) is 9.59 Å². The molecule has 2 aromatic carbocycles. The second-order valence-electron chi connectivity index (χ2n) is 6.95. The summed E-state index contributed by atoms with van der Waals surface area (Å²) in [5, 5.41) is 6.15. The van der Waals surface area contributed by atoms with E-state index in [-0.39, 0.29) is 25.0 Å². The quantitative estimate of drug-likeness (QED) is 0.698. The normalized spacial score (nSPS) is 12.1. The summed E-state index contributed by atoms with van der Waals surface area (Å²) in [7, 11) is 3.32. The maximum absolute atomic E-state index is 12.4. The van der Waals surface area contributed by atoms with Crippen LogP contribution in [-0.4, -0.2) is 57.2 Å². The highest BCUT2D eigenvalue weighted by atomic mass is 35.5. The molecule has 3 rings (SSSR count). The van der Waals surface area contributed by atoms with Crippen LogP contribution in [0.5, 0.6) is 17.2 Å². The third-order valence-electron chi connectivity index (χ3n) is 4.33. The fraction of sp³-hybridized carbons (Fsp3) is 0.333. The van der Waals surface area contributed by atoms with E-state index in [2.05, 4.69) is 10.6 Å². The van der Waals surface area contributed by atoms with Crippen molar-refractivity contribution in [3.8, 4) is 17.2 Å². The lowest BCUT2D eigenvalue weighted by atomic mass is 10.2. The lowest BCUT2D eigenvalue weighted by Crippen LogP contribution is -2.28. The van der Waals surface area contributed by atoms with Gasteiger partial charge in [0.05, 0.1) is 22.9 Å².